The van der Waals surface area contributed by atoms with Crippen molar-refractivity contribution < 1.29 is 13.9 Å². The number of benzene rings is 1. The van der Waals surface area contributed by atoms with Gasteiger partial charge in [0, 0.05) is 12.2 Å². The number of carbonyl (C=O) groups excluding carboxylic acids is 1. The van der Waals surface area contributed by atoms with E-state index in [9.17, 15) is 4.79 Å². The lowest BCUT2D eigenvalue weighted by atomic mass is 10.2. The van der Waals surface area contributed by atoms with E-state index in [2.05, 4.69) is 24.5 Å². The molecule has 0 atom stereocenters. The van der Waals surface area contributed by atoms with Crippen LogP contribution in [0.3, 0.4) is 0 Å². The maximum absolute atomic E-state index is 11.7. The highest BCUT2D eigenvalue weighted by molar-refractivity contribution is 5.89. The van der Waals surface area contributed by atoms with Crippen molar-refractivity contribution in [3.8, 4) is 0 Å². The fourth-order valence-corrected chi connectivity index (χ4v) is 1.88. The molecule has 0 aliphatic heterocycles. The summed E-state index contributed by atoms with van der Waals surface area (Å²) in [5.74, 6) is 1.22. The molecule has 0 saturated carbocycles. The van der Waals surface area contributed by atoms with Gasteiger partial charge in [0.25, 0.3) is 0 Å². The van der Waals surface area contributed by atoms with Gasteiger partial charge in [0.1, 0.15) is 12.4 Å². The highest BCUT2D eigenvalue weighted by Gasteiger charge is 2.04. The topological polar surface area (TPSA) is 63.5 Å². The molecule has 1 heterocycles. The molecule has 0 spiro atoms. The number of nitrogens with one attached hydrogen (secondary N) is 2. The summed E-state index contributed by atoms with van der Waals surface area (Å²) in [4.78, 5) is 11.7. The lowest BCUT2D eigenvalue weighted by Gasteiger charge is -2.10. The van der Waals surface area contributed by atoms with Gasteiger partial charge in [0.15, 0.2) is 0 Å². The van der Waals surface area contributed by atoms with E-state index >= 15 is 0 Å². The molecule has 1 aromatic carbocycles. The monoisotopic (exact) mass is 302 g/mol. The number of anilines is 1. The summed E-state index contributed by atoms with van der Waals surface area (Å²) in [6.45, 7) is 5.65. The second kappa shape index (κ2) is 8.24. The largest absolute Gasteiger partial charge is 0.467 e. The van der Waals surface area contributed by atoms with Gasteiger partial charge in [-0.2, -0.15) is 0 Å². The van der Waals surface area contributed by atoms with Gasteiger partial charge in [-0.1, -0.05) is 26.0 Å². The summed E-state index contributed by atoms with van der Waals surface area (Å²) in [5, 5.41) is 5.64. The molecule has 2 rings (SSSR count). The fourth-order valence-electron chi connectivity index (χ4n) is 1.88. The molecule has 5 nitrogen and oxygen atoms in total. The number of urea groups is 1. The smallest absolute Gasteiger partial charge is 0.319 e. The van der Waals surface area contributed by atoms with E-state index < -0.39 is 0 Å². The first-order valence-electron chi connectivity index (χ1n) is 7.37. The van der Waals surface area contributed by atoms with E-state index in [1.807, 2.05) is 36.4 Å². The lowest BCUT2D eigenvalue weighted by molar-refractivity contribution is 0.0930. The molecule has 1 aromatic heterocycles. The SMILES string of the molecule is CC(C)CNC(=O)Nc1cccc(COCc2ccco2)c1. The van der Waals surface area contributed by atoms with Crippen molar-refractivity contribution in [1.82, 2.24) is 5.32 Å². The first-order valence-corrected chi connectivity index (χ1v) is 7.37. The molecule has 2 N–H and O–H groups in total. The summed E-state index contributed by atoms with van der Waals surface area (Å²) in [7, 11) is 0. The average molecular weight is 302 g/mol. The van der Waals surface area contributed by atoms with Crippen LogP contribution in [0.25, 0.3) is 0 Å². The van der Waals surface area contributed by atoms with Crippen LogP contribution in [-0.4, -0.2) is 12.6 Å². The second-order valence-corrected chi connectivity index (χ2v) is 5.50. The van der Waals surface area contributed by atoms with Crippen molar-refractivity contribution >= 4 is 11.7 Å². The van der Waals surface area contributed by atoms with Crippen LogP contribution < -0.4 is 10.6 Å². The number of carbonyl (C=O) groups is 1. The number of ether oxygens (including phenoxy) is 1. The minimum atomic E-state index is -0.192. The van der Waals surface area contributed by atoms with E-state index in [1.165, 1.54) is 0 Å². The molecular formula is C17H22N2O3. The lowest BCUT2D eigenvalue weighted by Crippen LogP contribution is -2.31. The number of hydrogen-bond acceptors (Lipinski definition) is 3. The van der Waals surface area contributed by atoms with Gasteiger partial charge in [-0.15, -0.1) is 0 Å². The first-order chi connectivity index (χ1) is 10.6. The number of furan rings is 1. The van der Waals surface area contributed by atoms with Crippen molar-refractivity contribution in [3.63, 3.8) is 0 Å². The van der Waals surface area contributed by atoms with Gasteiger partial charge in [-0.3, -0.25) is 0 Å². The highest BCUT2D eigenvalue weighted by atomic mass is 16.5. The Morgan fingerprint density at radius 3 is 2.82 bits per heavy atom. The molecule has 0 radical (unpaired) electrons. The van der Waals surface area contributed by atoms with Crippen molar-refractivity contribution in [2.45, 2.75) is 27.1 Å². The number of hydrogen-bond donors (Lipinski definition) is 2. The molecule has 2 amide bonds. The predicted molar refractivity (Wildman–Crippen MR) is 85.5 cm³/mol. The van der Waals surface area contributed by atoms with E-state index in [1.54, 1.807) is 6.26 Å². The predicted octanol–water partition coefficient (Wildman–Crippen LogP) is 3.77. The Balaban J connectivity index is 1.80. The first kappa shape index (κ1) is 16.1. The molecule has 0 aliphatic carbocycles. The Labute approximate surface area is 130 Å². The minimum absolute atomic E-state index is 0.192. The standard InChI is InChI=1S/C17H22N2O3/c1-13(2)10-18-17(20)19-15-6-3-5-14(9-15)11-21-12-16-7-4-8-22-16/h3-9,13H,10-12H2,1-2H3,(H2,18,19,20). The molecular weight excluding hydrogens is 280 g/mol. The molecule has 0 saturated heterocycles. The van der Waals surface area contributed by atoms with Crippen LogP contribution in [0.4, 0.5) is 10.5 Å². The Bertz CT molecular complexity index is 579. The van der Waals surface area contributed by atoms with E-state index in [-0.39, 0.29) is 6.03 Å². The fraction of sp³-hybridized carbons (Fsp3) is 0.353. The van der Waals surface area contributed by atoms with Crippen molar-refractivity contribution in [1.29, 1.82) is 0 Å². The summed E-state index contributed by atoms with van der Waals surface area (Å²) in [6.07, 6.45) is 1.62. The van der Waals surface area contributed by atoms with Crippen molar-refractivity contribution in [2.24, 2.45) is 5.92 Å². The van der Waals surface area contributed by atoms with Crippen LogP contribution >= 0.6 is 0 Å². The van der Waals surface area contributed by atoms with Gasteiger partial charge in [0.05, 0.1) is 12.9 Å². The van der Waals surface area contributed by atoms with E-state index in [4.69, 9.17) is 9.15 Å². The van der Waals surface area contributed by atoms with Gasteiger partial charge in [-0.25, -0.2) is 4.79 Å². The van der Waals surface area contributed by atoms with Crippen LogP contribution in [0.15, 0.2) is 47.1 Å². The molecule has 0 fully saturated rings. The zero-order valence-electron chi connectivity index (χ0n) is 13.0. The molecule has 118 valence electrons. The van der Waals surface area contributed by atoms with Crippen LogP contribution in [0.2, 0.25) is 0 Å². The highest BCUT2D eigenvalue weighted by Crippen LogP contribution is 2.12. The Morgan fingerprint density at radius 2 is 2.09 bits per heavy atom. The molecule has 0 aliphatic rings. The minimum Gasteiger partial charge on any atom is -0.467 e. The average Bonchev–Trinajstić information content (AvgIpc) is 2.99. The summed E-state index contributed by atoms with van der Waals surface area (Å²) >= 11 is 0. The van der Waals surface area contributed by atoms with Crippen molar-refractivity contribution in [3.05, 3.63) is 54.0 Å². The molecule has 0 bridgehead atoms. The van der Waals surface area contributed by atoms with Gasteiger partial charge in [-0.05, 0) is 35.7 Å². The zero-order valence-corrected chi connectivity index (χ0v) is 13.0. The Kier molecular flexibility index (Phi) is 6.03. The van der Waals surface area contributed by atoms with Crippen LogP contribution in [0.1, 0.15) is 25.2 Å². The van der Waals surface area contributed by atoms with Gasteiger partial charge in [0.2, 0.25) is 0 Å². The maximum Gasteiger partial charge on any atom is 0.319 e. The molecule has 5 heteroatoms. The molecule has 0 unspecified atom stereocenters. The summed E-state index contributed by atoms with van der Waals surface area (Å²) in [6, 6.07) is 11.1. The normalized spacial score (nSPS) is 10.7. The van der Waals surface area contributed by atoms with Crippen LogP contribution in [0.5, 0.6) is 0 Å². The third-order valence-electron chi connectivity index (χ3n) is 2.95. The molecule has 2 aromatic rings. The Morgan fingerprint density at radius 1 is 1.23 bits per heavy atom. The van der Waals surface area contributed by atoms with Gasteiger partial charge >= 0.3 is 6.03 Å². The number of rotatable bonds is 7. The summed E-state index contributed by atoms with van der Waals surface area (Å²) in [5.41, 5.74) is 1.74. The Hall–Kier alpha value is -2.27. The zero-order chi connectivity index (χ0) is 15.8. The van der Waals surface area contributed by atoms with Crippen LogP contribution in [0, 0.1) is 5.92 Å². The van der Waals surface area contributed by atoms with Crippen LogP contribution in [-0.2, 0) is 18.0 Å². The maximum atomic E-state index is 11.7. The van der Waals surface area contributed by atoms with E-state index in [0.29, 0.717) is 25.7 Å². The van der Waals surface area contributed by atoms with Gasteiger partial charge < -0.3 is 19.8 Å². The van der Waals surface area contributed by atoms with Crippen molar-refractivity contribution in [2.75, 3.05) is 11.9 Å². The third-order valence-corrected chi connectivity index (χ3v) is 2.95. The second-order valence-electron chi connectivity index (χ2n) is 5.50. The quantitative estimate of drug-likeness (QED) is 0.818. The van der Waals surface area contributed by atoms with E-state index in [0.717, 1.165) is 17.0 Å². The summed E-state index contributed by atoms with van der Waals surface area (Å²) < 4.78 is 10.8. The number of amides is 2. The molecule has 22 heavy (non-hydrogen) atoms. The third kappa shape index (κ3) is 5.61.